The second-order valence-electron chi connectivity index (χ2n) is 6.46. The zero-order chi connectivity index (χ0) is 21.9. The summed E-state index contributed by atoms with van der Waals surface area (Å²) in [6, 6.07) is 9.37. The number of alkyl halides is 2. The molecular weight excluding hydrogens is 435 g/mol. The van der Waals surface area contributed by atoms with E-state index >= 15 is 0 Å². The van der Waals surface area contributed by atoms with Crippen molar-refractivity contribution in [3.63, 3.8) is 0 Å². The SMILES string of the molecule is C=C(C=Cc1ccc(-c2nnc(CO)o2)cc1Cl)Nc1ccc(C(C)(F)F)c(Cl)c1. The van der Waals surface area contributed by atoms with Gasteiger partial charge in [0.2, 0.25) is 11.8 Å². The van der Waals surface area contributed by atoms with Gasteiger partial charge in [0.05, 0.1) is 5.02 Å². The lowest BCUT2D eigenvalue weighted by Crippen LogP contribution is -2.08. The van der Waals surface area contributed by atoms with Gasteiger partial charge >= 0.3 is 0 Å². The van der Waals surface area contributed by atoms with E-state index in [2.05, 4.69) is 22.1 Å². The molecule has 0 radical (unpaired) electrons. The molecule has 3 rings (SSSR count). The molecule has 0 spiro atoms. The van der Waals surface area contributed by atoms with E-state index < -0.39 is 5.92 Å². The number of nitrogens with one attached hydrogen (secondary N) is 1. The quantitative estimate of drug-likeness (QED) is 0.413. The van der Waals surface area contributed by atoms with Crippen LogP contribution in [-0.4, -0.2) is 15.3 Å². The van der Waals surface area contributed by atoms with Gasteiger partial charge in [0.25, 0.3) is 5.92 Å². The summed E-state index contributed by atoms with van der Waals surface area (Å²) in [6.07, 6.45) is 3.43. The minimum Gasteiger partial charge on any atom is -0.418 e. The standard InChI is InChI=1S/C21H17Cl2F2N3O2/c1-12(26-15-7-8-16(18(23)10-15)21(2,24)25)3-4-13-5-6-14(9-17(13)22)20-28-27-19(11-29)30-20/h3-10,26,29H,1,11H2,2H3. The number of hydrogen-bond donors (Lipinski definition) is 2. The maximum absolute atomic E-state index is 13.4. The van der Waals surface area contributed by atoms with Crippen LogP contribution in [0.15, 0.2) is 59.2 Å². The number of aliphatic hydroxyl groups is 1. The van der Waals surface area contributed by atoms with Crippen molar-refractivity contribution in [1.82, 2.24) is 10.2 Å². The number of anilines is 1. The molecule has 156 valence electrons. The van der Waals surface area contributed by atoms with Crippen LogP contribution in [0.2, 0.25) is 10.0 Å². The average molecular weight is 452 g/mol. The van der Waals surface area contributed by atoms with E-state index in [-0.39, 0.29) is 29.0 Å². The van der Waals surface area contributed by atoms with E-state index in [4.69, 9.17) is 32.7 Å². The summed E-state index contributed by atoms with van der Waals surface area (Å²) >= 11 is 12.3. The third-order valence-electron chi connectivity index (χ3n) is 4.06. The van der Waals surface area contributed by atoms with Gasteiger partial charge in [-0.25, -0.2) is 8.78 Å². The molecule has 2 N–H and O–H groups in total. The van der Waals surface area contributed by atoms with Gasteiger partial charge in [0.1, 0.15) is 6.61 Å². The fraction of sp³-hybridized carbons (Fsp3) is 0.143. The Kier molecular flexibility index (Phi) is 6.55. The van der Waals surface area contributed by atoms with E-state index in [0.717, 1.165) is 6.92 Å². The lowest BCUT2D eigenvalue weighted by molar-refractivity contribution is 0.0176. The summed E-state index contributed by atoms with van der Waals surface area (Å²) in [5, 5.41) is 19.9. The molecule has 1 heterocycles. The zero-order valence-electron chi connectivity index (χ0n) is 15.8. The van der Waals surface area contributed by atoms with Gasteiger partial charge < -0.3 is 14.8 Å². The number of hydrogen-bond acceptors (Lipinski definition) is 5. The highest BCUT2D eigenvalue weighted by atomic mass is 35.5. The predicted molar refractivity (Wildman–Crippen MR) is 113 cm³/mol. The number of halogens is 4. The maximum atomic E-state index is 13.4. The molecule has 9 heteroatoms. The van der Waals surface area contributed by atoms with Crippen LogP contribution in [0.25, 0.3) is 17.5 Å². The van der Waals surface area contributed by atoms with Crippen molar-refractivity contribution in [3.05, 3.63) is 81.8 Å². The van der Waals surface area contributed by atoms with Crippen molar-refractivity contribution >= 4 is 35.0 Å². The highest BCUT2D eigenvalue weighted by molar-refractivity contribution is 6.32. The third kappa shape index (κ3) is 5.24. The van der Waals surface area contributed by atoms with Crippen LogP contribution < -0.4 is 5.32 Å². The Morgan fingerprint density at radius 1 is 1.20 bits per heavy atom. The van der Waals surface area contributed by atoms with Gasteiger partial charge in [-0.1, -0.05) is 41.9 Å². The Balaban J connectivity index is 1.69. The summed E-state index contributed by atoms with van der Waals surface area (Å²) in [7, 11) is 0. The van der Waals surface area contributed by atoms with Crippen LogP contribution >= 0.6 is 23.2 Å². The molecule has 0 saturated heterocycles. The monoisotopic (exact) mass is 451 g/mol. The van der Waals surface area contributed by atoms with Crippen molar-refractivity contribution in [1.29, 1.82) is 0 Å². The second-order valence-corrected chi connectivity index (χ2v) is 7.28. The minimum absolute atomic E-state index is 0.0340. The van der Waals surface area contributed by atoms with Gasteiger partial charge in [-0.05, 0) is 42.0 Å². The molecule has 1 aromatic heterocycles. The van der Waals surface area contributed by atoms with Crippen LogP contribution in [0, 0.1) is 0 Å². The Morgan fingerprint density at radius 2 is 1.97 bits per heavy atom. The minimum atomic E-state index is -3.02. The van der Waals surface area contributed by atoms with E-state index in [9.17, 15) is 8.78 Å². The van der Waals surface area contributed by atoms with E-state index in [1.165, 1.54) is 18.2 Å². The van der Waals surface area contributed by atoms with Crippen LogP contribution in [0.3, 0.4) is 0 Å². The Morgan fingerprint density at radius 3 is 2.57 bits per heavy atom. The number of aliphatic hydroxyl groups excluding tert-OH is 1. The summed E-state index contributed by atoms with van der Waals surface area (Å²) in [4.78, 5) is 0. The largest absolute Gasteiger partial charge is 0.418 e. The molecule has 0 bridgehead atoms. The molecule has 0 amide bonds. The van der Waals surface area contributed by atoms with Gasteiger partial charge in [-0.2, -0.15) is 0 Å². The normalized spacial score (nSPS) is 11.8. The zero-order valence-corrected chi connectivity index (χ0v) is 17.3. The first-order valence-electron chi connectivity index (χ1n) is 8.72. The Labute approximate surface area is 181 Å². The molecule has 0 unspecified atom stereocenters. The first-order chi connectivity index (χ1) is 14.2. The summed E-state index contributed by atoms with van der Waals surface area (Å²) in [5.74, 6) is -2.65. The molecular formula is C21H17Cl2F2N3O2. The fourth-order valence-corrected chi connectivity index (χ4v) is 3.19. The van der Waals surface area contributed by atoms with Crippen molar-refractivity contribution in [2.24, 2.45) is 0 Å². The van der Waals surface area contributed by atoms with Crippen molar-refractivity contribution in [2.45, 2.75) is 19.5 Å². The van der Waals surface area contributed by atoms with Crippen molar-refractivity contribution in [2.75, 3.05) is 5.32 Å². The van der Waals surface area contributed by atoms with Crippen LogP contribution in [0.5, 0.6) is 0 Å². The fourth-order valence-electron chi connectivity index (χ4n) is 2.60. The maximum Gasteiger partial charge on any atom is 0.271 e. The van der Waals surface area contributed by atoms with E-state index in [1.807, 2.05) is 0 Å². The first-order valence-corrected chi connectivity index (χ1v) is 9.48. The number of rotatable bonds is 7. The highest BCUT2D eigenvalue weighted by Gasteiger charge is 2.27. The molecule has 0 fully saturated rings. The molecule has 0 aliphatic rings. The molecule has 3 aromatic rings. The summed E-state index contributed by atoms with van der Waals surface area (Å²) in [6.45, 7) is 4.34. The van der Waals surface area contributed by atoms with Crippen molar-refractivity contribution < 1.29 is 18.3 Å². The summed E-state index contributed by atoms with van der Waals surface area (Å²) in [5.41, 5.74) is 2.12. The number of benzene rings is 2. The molecule has 5 nitrogen and oxygen atoms in total. The van der Waals surface area contributed by atoms with E-state index in [0.29, 0.717) is 27.5 Å². The number of nitrogens with zero attached hydrogens (tertiary/aromatic N) is 2. The first kappa shape index (κ1) is 22.0. The van der Waals surface area contributed by atoms with Crippen LogP contribution in [0.1, 0.15) is 23.9 Å². The third-order valence-corrected chi connectivity index (χ3v) is 4.70. The van der Waals surface area contributed by atoms with Crippen LogP contribution in [0.4, 0.5) is 14.5 Å². The number of aromatic nitrogens is 2. The topological polar surface area (TPSA) is 71.2 Å². The van der Waals surface area contributed by atoms with Gasteiger partial charge in [-0.3, -0.25) is 0 Å². The molecule has 0 aliphatic heterocycles. The van der Waals surface area contributed by atoms with Gasteiger partial charge in [0, 0.05) is 34.5 Å². The molecule has 30 heavy (non-hydrogen) atoms. The van der Waals surface area contributed by atoms with Crippen molar-refractivity contribution in [3.8, 4) is 11.5 Å². The number of allylic oxidation sites excluding steroid dienone is 1. The highest BCUT2D eigenvalue weighted by Crippen LogP contribution is 2.34. The average Bonchev–Trinajstić information content (AvgIpc) is 3.15. The smallest absolute Gasteiger partial charge is 0.271 e. The molecule has 0 atom stereocenters. The molecule has 0 saturated carbocycles. The van der Waals surface area contributed by atoms with Crippen LogP contribution in [-0.2, 0) is 12.5 Å². The second kappa shape index (κ2) is 8.95. The Hall–Kier alpha value is -2.74. The summed E-state index contributed by atoms with van der Waals surface area (Å²) < 4.78 is 32.2. The van der Waals surface area contributed by atoms with Gasteiger partial charge in [-0.15, -0.1) is 10.2 Å². The predicted octanol–water partition coefficient (Wildman–Crippen LogP) is 6.29. The van der Waals surface area contributed by atoms with Gasteiger partial charge in [0.15, 0.2) is 0 Å². The molecule has 2 aromatic carbocycles. The Bertz CT molecular complexity index is 1110. The molecule has 0 aliphatic carbocycles. The lowest BCUT2D eigenvalue weighted by atomic mass is 10.1. The van der Waals surface area contributed by atoms with E-state index in [1.54, 1.807) is 30.4 Å². The lowest BCUT2D eigenvalue weighted by Gasteiger charge is -2.14.